The third kappa shape index (κ3) is 4.47. The molecule has 0 aliphatic carbocycles. The number of carbonyl (C=O) groups is 2. The number of nitrogens with one attached hydrogen (secondary N) is 1. The molecule has 1 N–H and O–H groups in total. The Balaban J connectivity index is 1.63. The summed E-state index contributed by atoms with van der Waals surface area (Å²) in [4.78, 5) is 25.7. The van der Waals surface area contributed by atoms with Gasteiger partial charge in [0.05, 0.1) is 5.69 Å². The van der Waals surface area contributed by atoms with Crippen molar-refractivity contribution in [1.29, 1.82) is 0 Å². The lowest BCUT2D eigenvalue weighted by molar-refractivity contribution is -0.121. The molecule has 0 saturated carbocycles. The Labute approximate surface area is 158 Å². The van der Waals surface area contributed by atoms with Crippen molar-refractivity contribution < 1.29 is 19.1 Å². The van der Waals surface area contributed by atoms with Gasteiger partial charge in [-0.15, -0.1) is 6.58 Å². The number of carbonyl (C=O) groups excluding carboxylic acids is 2. The minimum Gasteiger partial charge on any atom is -0.484 e. The highest BCUT2D eigenvalue weighted by molar-refractivity contribution is 5.99. The van der Waals surface area contributed by atoms with Crippen molar-refractivity contribution in [1.82, 2.24) is 0 Å². The number of hydrogen-bond donors (Lipinski definition) is 1. The number of fused-ring (bicyclic) bond motifs is 1. The van der Waals surface area contributed by atoms with Crippen molar-refractivity contribution in [2.24, 2.45) is 0 Å². The fraction of sp³-hybridized carbons (Fsp3) is 0.238. The first-order valence-corrected chi connectivity index (χ1v) is 8.80. The van der Waals surface area contributed by atoms with Crippen LogP contribution in [0.4, 0.5) is 11.4 Å². The standard InChI is InChI=1S/C21H22N2O4/c1-3-10-23-18-9-8-16(12-19(18)27-14-21(23)25)22-20(24)13-26-17-7-5-6-15(4-2)11-17/h3,5-9,11-12H,1,4,10,13-14H2,2H3,(H,22,24). The second kappa shape index (κ2) is 8.40. The van der Waals surface area contributed by atoms with Crippen LogP contribution in [0, 0.1) is 0 Å². The van der Waals surface area contributed by atoms with Crippen LogP contribution in [-0.4, -0.2) is 31.6 Å². The normalized spacial score (nSPS) is 12.8. The number of amides is 2. The van der Waals surface area contributed by atoms with Crippen molar-refractivity contribution in [3.8, 4) is 11.5 Å². The lowest BCUT2D eigenvalue weighted by atomic mass is 10.2. The molecule has 6 nitrogen and oxygen atoms in total. The Morgan fingerprint density at radius 1 is 1.33 bits per heavy atom. The van der Waals surface area contributed by atoms with Gasteiger partial charge in [-0.25, -0.2) is 0 Å². The summed E-state index contributed by atoms with van der Waals surface area (Å²) in [6, 6.07) is 12.8. The molecule has 0 fully saturated rings. The molecule has 0 bridgehead atoms. The molecule has 1 heterocycles. The molecule has 2 aromatic rings. The van der Waals surface area contributed by atoms with Crippen LogP contribution >= 0.6 is 0 Å². The van der Waals surface area contributed by atoms with E-state index < -0.39 is 0 Å². The van der Waals surface area contributed by atoms with Crippen molar-refractivity contribution in [3.05, 3.63) is 60.7 Å². The first kappa shape index (κ1) is 18.5. The van der Waals surface area contributed by atoms with Crippen LogP contribution in [0.1, 0.15) is 12.5 Å². The van der Waals surface area contributed by atoms with Crippen LogP contribution in [0.2, 0.25) is 0 Å². The molecule has 1 aliphatic heterocycles. The molecular formula is C21H22N2O4. The summed E-state index contributed by atoms with van der Waals surface area (Å²) in [5.74, 6) is 0.816. The zero-order valence-corrected chi connectivity index (χ0v) is 15.2. The van der Waals surface area contributed by atoms with Gasteiger partial charge in [0.15, 0.2) is 13.2 Å². The predicted octanol–water partition coefficient (Wildman–Crippen LogP) is 3.18. The minimum atomic E-state index is -0.272. The number of benzene rings is 2. The maximum Gasteiger partial charge on any atom is 0.265 e. The minimum absolute atomic E-state index is 0.0326. The van der Waals surface area contributed by atoms with Crippen LogP contribution < -0.4 is 19.7 Å². The molecular weight excluding hydrogens is 344 g/mol. The SMILES string of the molecule is C=CCN1C(=O)COc2cc(NC(=O)COc3cccc(CC)c3)ccc21. The zero-order chi connectivity index (χ0) is 19.2. The highest BCUT2D eigenvalue weighted by Crippen LogP contribution is 2.34. The Morgan fingerprint density at radius 3 is 2.96 bits per heavy atom. The first-order chi connectivity index (χ1) is 13.1. The molecule has 140 valence electrons. The molecule has 3 rings (SSSR count). The third-order valence-electron chi connectivity index (χ3n) is 4.17. The van der Waals surface area contributed by atoms with Crippen LogP contribution in [-0.2, 0) is 16.0 Å². The number of ether oxygens (including phenoxy) is 2. The van der Waals surface area contributed by atoms with Crippen molar-refractivity contribution in [3.63, 3.8) is 0 Å². The van der Waals surface area contributed by atoms with Gasteiger partial charge in [0.1, 0.15) is 11.5 Å². The lowest BCUT2D eigenvalue weighted by Gasteiger charge is -2.28. The molecule has 0 unspecified atom stereocenters. The molecule has 2 amide bonds. The number of aryl methyl sites for hydroxylation is 1. The summed E-state index contributed by atoms with van der Waals surface area (Å²) in [5, 5.41) is 2.78. The average molecular weight is 366 g/mol. The largest absolute Gasteiger partial charge is 0.484 e. The fourth-order valence-electron chi connectivity index (χ4n) is 2.81. The van der Waals surface area contributed by atoms with Gasteiger partial charge in [0.25, 0.3) is 11.8 Å². The van der Waals surface area contributed by atoms with Crippen LogP contribution in [0.3, 0.4) is 0 Å². The summed E-state index contributed by atoms with van der Waals surface area (Å²) in [6.07, 6.45) is 2.57. The van der Waals surface area contributed by atoms with Crippen LogP contribution in [0.15, 0.2) is 55.1 Å². The van der Waals surface area contributed by atoms with Gasteiger partial charge in [-0.05, 0) is 36.2 Å². The molecule has 0 spiro atoms. The highest BCUT2D eigenvalue weighted by Gasteiger charge is 2.24. The van der Waals surface area contributed by atoms with E-state index in [1.165, 1.54) is 0 Å². The number of anilines is 2. The summed E-state index contributed by atoms with van der Waals surface area (Å²) in [7, 11) is 0. The van der Waals surface area contributed by atoms with Crippen molar-refractivity contribution in [2.45, 2.75) is 13.3 Å². The van der Waals surface area contributed by atoms with E-state index in [4.69, 9.17) is 9.47 Å². The molecule has 1 aliphatic rings. The molecule has 6 heteroatoms. The molecule has 0 saturated heterocycles. The number of nitrogens with zero attached hydrogens (tertiary/aromatic N) is 1. The molecule has 2 aromatic carbocycles. The summed E-state index contributed by atoms with van der Waals surface area (Å²) >= 11 is 0. The van der Waals surface area contributed by atoms with E-state index in [-0.39, 0.29) is 25.0 Å². The van der Waals surface area contributed by atoms with Gasteiger partial charge in [-0.2, -0.15) is 0 Å². The van der Waals surface area contributed by atoms with Gasteiger partial charge < -0.3 is 19.7 Å². The monoisotopic (exact) mass is 366 g/mol. The highest BCUT2D eigenvalue weighted by atomic mass is 16.5. The topological polar surface area (TPSA) is 67.9 Å². The number of rotatable bonds is 7. The van der Waals surface area contributed by atoms with E-state index in [1.807, 2.05) is 24.3 Å². The Hall–Kier alpha value is -3.28. The predicted molar refractivity (Wildman–Crippen MR) is 104 cm³/mol. The van der Waals surface area contributed by atoms with Crippen molar-refractivity contribution in [2.75, 3.05) is 30.0 Å². The quantitative estimate of drug-likeness (QED) is 0.764. The van der Waals surface area contributed by atoms with Crippen LogP contribution in [0.5, 0.6) is 11.5 Å². The second-order valence-electron chi connectivity index (χ2n) is 6.10. The van der Waals surface area contributed by atoms with E-state index in [0.29, 0.717) is 29.4 Å². The molecule has 0 atom stereocenters. The number of hydrogen-bond acceptors (Lipinski definition) is 4. The third-order valence-corrected chi connectivity index (χ3v) is 4.17. The van der Waals surface area contributed by atoms with Gasteiger partial charge in [0.2, 0.25) is 0 Å². The molecule has 27 heavy (non-hydrogen) atoms. The summed E-state index contributed by atoms with van der Waals surface area (Å²) in [6.45, 7) is 6.02. The lowest BCUT2D eigenvalue weighted by Crippen LogP contribution is -2.38. The van der Waals surface area contributed by atoms with Gasteiger partial charge in [0, 0.05) is 18.3 Å². The zero-order valence-electron chi connectivity index (χ0n) is 15.2. The van der Waals surface area contributed by atoms with Gasteiger partial charge in [-0.1, -0.05) is 25.1 Å². The van der Waals surface area contributed by atoms with E-state index in [0.717, 1.165) is 12.0 Å². The average Bonchev–Trinajstić information content (AvgIpc) is 2.69. The van der Waals surface area contributed by atoms with Gasteiger partial charge >= 0.3 is 0 Å². The van der Waals surface area contributed by atoms with Crippen molar-refractivity contribution >= 4 is 23.2 Å². The smallest absolute Gasteiger partial charge is 0.265 e. The maximum atomic E-state index is 12.2. The Morgan fingerprint density at radius 2 is 2.19 bits per heavy atom. The molecule has 0 aromatic heterocycles. The maximum absolute atomic E-state index is 12.2. The summed E-state index contributed by atoms with van der Waals surface area (Å²) in [5.41, 5.74) is 2.40. The summed E-state index contributed by atoms with van der Waals surface area (Å²) < 4.78 is 11.0. The Bertz CT molecular complexity index is 863. The van der Waals surface area contributed by atoms with E-state index >= 15 is 0 Å². The fourth-order valence-corrected chi connectivity index (χ4v) is 2.81. The Kier molecular flexibility index (Phi) is 5.76. The molecule has 0 radical (unpaired) electrons. The van der Waals surface area contributed by atoms with E-state index in [2.05, 4.69) is 18.8 Å². The van der Waals surface area contributed by atoms with Gasteiger partial charge in [-0.3, -0.25) is 9.59 Å². The first-order valence-electron chi connectivity index (χ1n) is 8.80. The second-order valence-corrected chi connectivity index (χ2v) is 6.10. The van der Waals surface area contributed by atoms with E-state index in [1.54, 1.807) is 29.2 Å². The van der Waals surface area contributed by atoms with Crippen LogP contribution in [0.25, 0.3) is 0 Å². The van der Waals surface area contributed by atoms with E-state index in [9.17, 15) is 9.59 Å².